The van der Waals surface area contributed by atoms with Gasteiger partial charge >= 0.3 is 5.97 Å². The summed E-state index contributed by atoms with van der Waals surface area (Å²) >= 11 is 0. The van der Waals surface area contributed by atoms with Crippen molar-refractivity contribution in [1.29, 1.82) is 0 Å². The van der Waals surface area contributed by atoms with Crippen LogP contribution >= 0.6 is 12.4 Å². The Bertz CT molecular complexity index is 1560. The molecule has 0 aromatic carbocycles. The van der Waals surface area contributed by atoms with E-state index in [-0.39, 0.29) is 36.9 Å². The lowest BCUT2D eigenvalue weighted by molar-refractivity contribution is -0.143. The molecule has 3 aliphatic heterocycles. The first kappa shape index (κ1) is 41.1. The molecule has 5 aliphatic rings. The van der Waals surface area contributed by atoms with Crippen molar-refractivity contribution in [1.82, 2.24) is 44.7 Å². The fourth-order valence-corrected chi connectivity index (χ4v) is 9.23. The summed E-state index contributed by atoms with van der Waals surface area (Å²) in [6.45, 7) is 12.5. The van der Waals surface area contributed by atoms with Gasteiger partial charge in [0.05, 0.1) is 18.5 Å². The van der Waals surface area contributed by atoms with Crippen LogP contribution in [0.2, 0.25) is 0 Å². The number of ether oxygens (including phenoxy) is 1. The van der Waals surface area contributed by atoms with Gasteiger partial charge < -0.3 is 30.5 Å². The van der Waals surface area contributed by atoms with Crippen LogP contribution in [0.5, 0.6) is 0 Å². The Morgan fingerprint density at radius 3 is 2.09 bits per heavy atom. The number of amides is 2. The van der Waals surface area contributed by atoms with E-state index in [0.717, 1.165) is 135 Å². The molecular formula is C39H62ClN11O4. The highest BCUT2D eigenvalue weighted by Crippen LogP contribution is 2.33. The predicted octanol–water partition coefficient (Wildman–Crippen LogP) is 3.37. The molecule has 55 heavy (non-hydrogen) atoms. The van der Waals surface area contributed by atoms with Crippen LogP contribution in [0.3, 0.4) is 0 Å². The lowest BCUT2D eigenvalue weighted by Crippen LogP contribution is -2.54. The van der Waals surface area contributed by atoms with Gasteiger partial charge in [-0.3, -0.25) is 24.1 Å². The summed E-state index contributed by atoms with van der Waals surface area (Å²) in [4.78, 5) is 58.0. The number of piperazine rings is 2. The number of aromatic nitrogens is 4. The Morgan fingerprint density at radius 1 is 0.855 bits per heavy atom. The molecule has 5 heterocycles. The molecule has 2 amide bonds. The molecule has 15 nitrogen and oxygen atoms in total. The van der Waals surface area contributed by atoms with E-state index < -0.39 is 5.97 Å². The van der Waals surface area contributed by atoms with Gasteiger partial charge in [0.2, 0.25) is 17.8 Å². The molecule has 0 spiro atoms. The average Bonchev–Trinajstić information content (AvgIpc) is 3.89. The van der Waals surface area contributed by atoms with Crippen LogP contribution in [0.1, 0.15) is 81.5 Å². The number of halogens is 1. The van der Waals surface area contributed by atoms with Crippen molar-refractivity contribution in [2.45, 2.75) is 83.2 Å². The SMILES string of the molecule is CCOC(=O)c1cnc(Nc2cnn(C)c2)nc1NC1CCC(N2CCN(C(=O)C3CCC(C(=O)N4CCN(CC[C@@H]5CCNC5)CC4)CC3)CC2)CC1.Cl. The summed E-state index contributed by atoms with van der Waals surface area (Å²) in [5.41, 5.74) is 1.09. The first-order valence-electron chi connectivity index (χ1n) is 20.6. The molecule has 0 radical (unpaired) electrons. The molecule has 2 aromatic rings. The normalized spacial score (nSPS) is 26.6. The molecule has 2 saturated carbocycles. The van der Waals surface area contributed by atoms with Gasteiger partial charge in [0.1, 0.15) is 11.4 Å². The van der Waals surface area contributed by atoms with Gasteiger partial charge in [-0.05, 0) is 96.7 Å². The number of nitrogens with zero attached hydrogens (tertiary/aromatic N) is 8. The number of aryl methyl sites for hydroxylation is 1. The van der Waals surface area contributed by atoms with Crippen molar-refractivity contribution in [3.63, 3.8) is 0 Å². The maximum atomic E-state index is 13.6. The summed E-state index contributed by atoms with van der Waals surface area (Å²) in [7, 11) is 1.84. The zero-order chi connectivity index (χ0) is 37.4. The highest BCUT2D eigenvalue weighted by atomic mass is 35.5. The highest BCUT2D eigenvalue weighted by molar-refractivity contribution is 5.94. The summed E-state index contributed by atoms with van der Waals surface area (Å²) in [5.74, 6) is 1.96. The quantitative estimate of drug-likeness (QED) is 0.271. The van der Waals surface area contributed by atoms with E-state index in [9.17, 15) is 14.4 Å². The summed E-state index contributed by atoms with van der Waals surface area (Å²) in [6.07, 6.45) is 14.9. The van der Waals surface area contributed by atoms with Crippen LogP contribution in [0, 0.1) is 17.8 Å². The van der Waals surface area contributed by atoms with Gasteiger partial charge in [-0.25, -0.2) is 9.78 Å². The smallest absolute Gasteiger partial charge is 0.343 e. The van der Waals surface area contributed by atoms with Crippen LogP contribution in [-0.2, 0) is 21.4 Å². The number of anilines is 3. The Labute approximate surface area is 332 Å². The molecule has 16 heteroatoms. The van der Waals surface area contributed by atoms with Gasteiger partial charge in [-0.2, -0.15) is 10.1 Å². The fraction of sp³-hybridized carbons (Fsp3) is 0.744. The third kappa shape index (κ3) is 10.7. The van der Waals surface area contributed by atoms with Crippen molar-refractivity contribution in [2.75, 3.05) is 89.2 Å². The monoisotopic (exact) mass is 783 g/mol. The van der Waals surface area contributed by atoms with Crippen molar-refractivity contribution in [3.8, 4) is 0 Å². The first-order valence-corrected chi connectivity index (χ1v) is 20.6. The number of carbonyl (C=O) groups is 3. The molecular weight excluding hydrogens is 722 g/mol. The molecule has 3 N–H and O–H groups in total. The minimum atomic E-state index is -0.442. The lowest BCUT2D eigenvalue weighted by Gasteiger charge is -2.43. The van der Waals surface area contributed by atoms with E-state index in [4.69, 9.17) is 4.74 Å². The minimum absolute atomic E-state index is 0. The first-order chi connectivity index (χ1) is 26.3. The zero-order valence-electron chi connectivity index (χ0n) is 32.8. The average molecular weight is 784 g/mol. The van der Waals surface area contributed by atoms with Crippen LogP contribution < -0.4 is 16.0 Å². The number of esters is 1. The van der Waals surface area contributed by atoms with Crippen molar-refractivity contribution in [2.24, 2.45) is 24.8 Å². The molecule has 2 aromatic heterocycles. The molecule has 2 aliphatic carbocycles. The molecule has 0 unspecified atom stereocenters. The van der Waals surface area contributed by atoms with Crippen molar-refractivity contribution >= 4 is 47.6 Å². The summed E-state index contributed by atoms with van der Waals surface area (Å²) in [6, 6.07) is 0.653. The fourth-order valence-electron chi connectivity index (χ4n) is 9.23. The lowest BCUT2D eigenvalue weighted by atomic mass is 9.80. The van der Waals surface area contributed by atoms with Gasteiger partial charge in [0, 0.05) is 95.7 Å². The van der Waals surface area contributed by atoms with E-state index >= 15 is 0 Å². The largest absolute Gasteiger partial charge is 0.462 e. The van der Waals surface area contributed by atoms with E-state index in [0.29, 0.717) is 35.2 Å². The predicted molar refractivity (Wildman–Crippen MR) is 214 cm³/mol. The van der Waals surface area contributed by atoms with Crippen LogP contribution in [0.4, 0.5) is 17.5 Å². The van der Waals surface area contributed by atoms with E-state index in [2.05, 4.69) is 50.6 Å². The molecule has 0 bridgehead atoms. The summed E-state index contributed by atoms with van der Waals surface area (Å²) < 4.78 is 6.99. The number of carbonyl (C=O) groups excluding carboxylic acids is 3. The molecule has 5 fully saturated rings. The maximum Gasteiger partial charge on any atom is 0.343 e. The van der Waals surface area contributed by atoms with E-state index in [1.807, 2.05) is 13.2 Å². The number of hydrogen-bond donors (Lipinski definition) is 3. The van der Waals surface area contributed by atoms with E-state index in [1.165, 1.54) is 19.0 Å². The number of nitrogens with one attached hydrogen (secondary N) is 3. The molecule has 1 atom stereocenters. The van der Waals surface area contributed by atoms with Crippen LogP contribution in [0.15, 0.2) is 18.6 Å². The molecule has 3 saturated heterocycles. The Hall–Kier alpha value is -3.53. The van der Waals surface area contributed by atoms with E-state index in [1.54, 1.807) is 17.8 Å². The number of hydrogen-bond acceptors (Lipinski definition) is 12. The maximum absolute atomic E-state index is 13.6. The second-order valence-electron chi connectivity index (χ2n) is 16.1. The summed E-state index contributed by atoms with van der Waals surface area (Å²) in [5, 5.41) is 14.3. The zero-order valence-corrected chi connectivity index (χ0v) is 33.6. The topological polar surface area (TPSA) is 153 Å². The Morgan fingerprint density at radius 2 is 1.51 bits per heavy atom. The standard InChI is InChI=1S/C39H61N11O4.ClH/c1-3-54-38(53)34-26-41-39(44-32-25-42-46(2)27-32)45-35(34)43-31-8-10-33(11-9-31)48-20-22-50(23-21-48)37(52)30-6-4-29(5-7-30)36(51)49-18-16-47(17-19-49)15-13-28-12-14-40-24-28;/h25-31,33,40H,3-24H2,1-2H3,(H2,41,43,44,45);1H/t28-,29?,30?,31?,33?;/m0./s1. The van der Waals surface area contributed by atoms with Gasteiger partial charge in [0.25, 0.3) is 0 Å². The molecule has 7 rings (SSSR count). The second-order valence-corrected chi connectivity index (χ2v) is 16.1. The Balaban J connectivity index is 0.00000514. The van der Waals surface area contributed by atoms with Crippen LogP contribution in [-0.4, -0.2) is 148 Å². The second kappa shape index (κ2) is 19.6. The van der Waals surface area contributed by atoms with Crippen LogP contribution in [0.25, 0.3) is 0 Å². The van der Waals surface area contributed by atoms with Gasteiger partial charge in [-0.15, -0.1) is 12.4 Å². The number of rotatable bonds is 12. The van der Waals surface area contributed by atoms with Crippen molar-refractivity contribution in [3.05, 3.63) is 24.2 Å². The van der Waals surface area contributed by atoms with Gasteiger partial charge in [0.15, 0.2) is 0 Å². The molecule has 304 valence electrons. The minimum Gasteiger partial charge on any atom is -0.462 e. The van der Waals surface area contributed by atoms with Gasteiger partial charge in [-0.1, -0.05) is 0 Å². The van der Waals surface area contributed by atoms with Crippen molar-refractivity contribution < 1.29 is 19.1 Å². The third-order valence-electron chi connectivity index (χ3n) is 12.6. The third-order valence-corrected chi connectivity index (χ3v) is 12.6. The highest BCUT2D eigenvalue weighted by Gasteiger charge is 2.37. The Kier molecular flexibility index (Phi) is 14.6.